The molecule has 0 spiro atoms. The van der Waals surface area contributed by atoms with Crippen LogP contribution in [0.25, 0.3) is 0 Å². The van der Waals surface area contributed by atoms with Gasteiger partial charge in [-0.1, -0.05) is 12.3 Å². The molecule has 0 aromatic heterocycles. The predicted octanol–water partition coefficient (Wildman–Crippen LogP) is 2.37. The van der Waals surface area contributed by atoms with Crippen LogP contribution in [0.3, 0.4) is 0 Å². The van der Waals surface area contributed by atoms with Crippen molar-refractivity contribution < 1.29 is 42.1 Å². The highest BCUT2D eigenvalue weighted by Gasteiger charge is 2.42. The highest BCUT2D eigenvalue weighted by Crippen LogP contribution is 2.33. The van der Waals surface area contributed by atoms with Gasteiger partial charge >= 0.3 is 12.0 Å². The van der Waals surface area contributed by atoms with Crippen LogP contribution >= 0.6 is 11.8 Å². The first-order valence-corrected chi connectivity index (χ1v) is 16.8. The molecule has 4 amide bonds. The van der Waals surface area contributed by atoms with E-state index in [0.29, 0.717) is 83.7 Å². The molecule has 0 aromatic carbocycles. The highest BCUT2D eigenvalue weighted by atomic mass is 32.2. The Morgan fingerprint density at radius 1 is 0.909 bits per heavy atom. The maximum atomic E-state index is 13.4. The van der Waals surface area contributed by atoms with Crippen LogP contribution in [-0.4, -0.2) is 112 Å². The van der Waals surface area contributed by atoms with E-state index in [1.54, 1.807) is 0 Å². The van der Waals surface area contributed by atoms with Gasteiger partial charge in [-0.05, 0) is 44.4 Å². The van der Waals surface area contributed by atoms with Crippen LogP contribution in [0.1, 0.15) is 64.2 Å². The number of fused-ring (bicyclic) bond motifs is 1. The molecular formula is C30H48F2N4O7S. The second-order valence-electron chi connectivity index (χ2n) is 11.1. The third kappa shape index (κ3) is 15.2. The quantitative estimate of drug-likeness (QED) is 0.0800. The lowest BCUT2D eigenvalue weighted by atomic mass is 10.0. The Morgan fingerprint density at radius 3 is 2.32 bits per heavy atom. The summed E-state index contributed by atoms with van der Waals surface area (Å²) in [6.07, 6.45) is 5.03. The molecule has 1 unspecified atom stereocenters. The number of urea groups is 1. The van der Waals surface area contributed by atoms with Crippen molar-refractivity contribution >= 4 is 29.6 Å². The first-order chi connectivity index (χ1) is 21.3. The number of thioether (sulfide) groups is 1. The summed E-state index contributed by atoms with van der Waals surface area (Å²) in [7, 11) is 0. The molecule has 11 nitrogen and oxygen atoms in total. The highest BCUT2D eigenvalue weighted by molar-refractivity contribution is 8.00. The van der Waals surface area contributed by atoms with Gasteiger partial charge in [0.25, 0.3) is 0 Å². The number of hydrogen-bond acceptors (Lipinski definition) is 8. The average Bonchev–Trinajstić information content (AvgIpc) is 3.54. The summed E-state index contributed by atoms with van der Waals surface area (Å²) in [5.74, 6) is 2.19. The monoisotopic (exact) mass is 646 g/mol. The van der Waals surface area contributed by atoms with Gasteiger partial charge in [0.2, 0.25) is 11.8 Å². The lowest BCUT2D eigenvalue weighted by molar-refractivity contribution is -0.128. The molecule has 2 heterocycles. The van der Waals surface area contributed by atoms with Crippen molar-refractivity contribution in [3.8, 4) is 11.8 Å². The molecule has 0 aromatic rings. The van der Waals surface area contributed by atoms with Gasteiger partial charge in [-0.25, -0.2) is 4.79 Å². The second-order valence-corrected chi connectivity index (χ2v) is 12.4. The van der Waals surface area contributed by atoms with E-state index >= 15 is 0 Å². The second kappa shape index (κ2) is 20.8. The van der Waals surface area contributed by atoms with E-state index in [2.05, 4.69) is 27.2 Å². The first-order valence-electron chi connectivity index (χ1n) is 15.8. The Balaban J connectivity index is 1.00. The number of nitrogens with one attached hydrogen (secondary N) is 4. The lowest BCUT2D eigenvalue weighted by Crippen LogP contribution is -2.36. The molecule has 0 saturated carbocycles. The molecule has 14 heteroatoms. The van der Waals surface area contributed by atoms with Crippen molar-refractivity contribution in [3.05, 3.63) is 0 Å². The van der Waals surface area contributed by atoms with Crippen LogP contribution in [0.15, 0.2) is 0 Å². The number of amides is 4. The van der Waals surface area contributed by atoms with Gasteiger partial charge in [-0.3, -0.25) is 9.59 Å². The van der Waals surface area contributed by atoms with Crippen LogP contribution < -0.4 is 21.3 Å². The van der Waals surface area contributed by atoms with Crippen molar-refractivity contribution in [1.29, 1.82) is 0 Å². The smallest absolute Gasteiger partial charge is 0.315 e. The van der Waals surface area contributed by atoms with Crippen LogP contribution in [0, 0.1) is 11.8 Å². The van der Waals surface area contributed by atoms with Crippen molar-refractivity contribution in [2.24, 2.45) is 0 Å². The number of carbonyl (C=O) groups is 3. The molecule has 250 valence electrons. The molecule has 1 aliphatic carbocycles. The van der Waals surface area contributed by atoms with Crippen molar-refractivity contribution in [2.45, 2.75) is 93.6 Å². The van der Waals surface area contributed by atoms with E-state index in [1.807, 2.05) is 17.7 Å². The summed E-state index contributed by atoms with van der Waals surface area (Å²) in [6, 6.07) is 0.392. The number of hydrogen-bond donors (Lipinski definition) is 4. The number of alkyl halides is 2. The standard InChI is InChI=1S/C30H48F2N4O7S/c31-30(32)11-4-3-7-23(10-12-30)43-21-27(38)34-14-6-16-41-18-20-42-19-17-40-15-5-13-33-26(37)9-2-1-8-25-28-24(22-44-25)35-29(39)36-28/h23-25,28H,1-3,5-10,12-22H2,(H,33,37)(H,34,38)(H2,35,36,39)/t23?,24-,25-,28-/m0/s1. The van der Waals surface area contributed by atoms with Gasteiger partial charge < -0.3 is 40.2 Å². The van der Waals surface area contributed by atoms with E-state index in [-0.39, 0.29) is 55.5 Å². The molecule has 0 radical (unpaired) electrons. The topological polar surface area (TPSA) is 136 Å². The van der Waals surface area contributed by atoms with E-state index < -0.39 is 5.92 Å². The summed E-state index contributed by atoms with van der Waals surface area (Å²) in [5.41, 5.74) is 0. The van der Waals surface area contributed by atoms with Gasteiger partial charge in [0.1, 0.15) is 6.61 Å². The molecule has 44 heavy (non-hydrogen) atoms. The van der Waals surface area contributed by atoms with Gasteiger partial charge in [0, 0.05) is 56.6 Å². The lowest BCUT2D eigenvalue weighted by Gasteiger charge is -2.20. The average molecular weight is 647 g/mol. The van der Waals surface area contributed by atoms with Crippen molar-refractivity contribution in [3.63, 3.8) is 0 Å². The van der Waals surface area contributed by atoms with Crippen LogP contribution in [-0.2, 0) is 28.5 Å². The molecule has 3 aliphatic rings. The molecular weight excluding hydrogens is 598 g/mol. The van der Waals surface area contributed by atoms with Gasteiger partial charge in [0.15, 0.2) is 0 Å². The number of ether oxygens (including phenoxy) is 4. The minimum absolute atomic E-state index is 0.0608. The fraction of sp³-hybridized carbons (Fsp3) is 0.833. The Hall–Kier alpha value is -2.18. The Morgan fingerprint density at radius 2 is 1.59 bits per heavy atom. The third-order valence-electron chi connectivity index (χ3n) is 7.49. The Labute approximate surface area is 263 Å². The minimum atomic E-state index is -2.98. The zero-order valence-electron chi connectivity index (χ0n) is 25.5. The van der Waals surface area contributed by atoms with Gasteiger partial charge in [-0.15, -0.1) is 0 Å². The number of rotatable bonds is 22. The number of halogens is 2. The van der Waals surface area contributed by atoms with Gasteiger partial charge in [-0.2, -0.15) is 20.5 Å². The summed E-state index contributed by atoms with van der Waals surface area (Å²) >= 11 is 1.90. The minimum Gasteiger partial charge on any atom is -0.379 e. The molecule has 2 aliphatic heterocycles. The summed E-state index contributed by atoms with van der Waals surface area (Å²) < 4.78 is 48.8. The van der Waals surface area contributed by atoms with Crippen molar-refractivity contribution in [1.82, 2.24) is 21.3 Å². The molecule has 2 saturated heterocycles. The zero-order valence-corrected chi connectivity index (χ0v) is 26.3. The molecule has 2 fully saturated rings. The van der Waals surface area contributed by atoms with E-state index in [4.69, 9.17) is 18.9 Å². The number of unbranched alkanes of at least 4 members (excludes halogenated alkanes) is 1. The molecule has 3 rings (SSSR count). The van der Waals surface area contributed by atoms with E-state index in [1.165, 1.54) is 0 Å². The largest absolute Gasteiger partial charge is 0.379 e. The van der Waals surface area contributed by atoms with Crippen LogP contribution in [0.5, 0.6) is 0 Å². The molecule has 4 atom stereocenters. The molecule has 4 N–H and O–H groups in total. The predicted molar refractivity (Wildman–Crippen MR) is 163 cm³/mol. The number of carbonyl (C=O) groups excluding carboxylic acids is 3. The maximum Gasteiger partial charge on any atom is 0.315 e. The Bertz CT molecular complexity index is 952. The van der Waals surface area contributed by atoms with Crippen LogP contribution in [0.2, 0.25) is 0 Å². The third-order valence-corrected chi connectivity index (χ3v) is 9.00. The Kier molecular flexibility index (Phi) is 17.1. The summed E-state index contributed by atoms with van der Waals surface area (Å²) in [4.78, 5) is 35.4. The molecule has 0 bridgehead atoms. The zero-order chi connectivity index (χ0) is 31.5. The SMILES string of the molecule is O=C(CCCC[C@@H]1SC[C@@H]2NC(=O)N[C@@H]21)NCCCOCCOCCOCCCNC(=O)COC1CCC#CC(F)(F)CC1. The summed E-state index contributed by atoms with van der Waals surface area (Å²) in [6.45, 7) is 3.68. The fourth-order valence-electron chi connectivity index (χ4n) is 5.09. The van der Waals surface area contributed by atoms with E-state index in [9.17, 15) is 23.2 Å². The normalized spacial score (nSPS) is 23.8. The van der Waals surface area contributed by atoms with Crippen molar-refractivity contribution in [2.75, 3.05) is 65.1 Å². The van der Waals surface area contributed by atoms with E-state index in [0.717, 1.165) is 31.4 Å². The first kappa shape index (κ1) is 36.3. The maximum absolute atomic E-state index is 13.4. The van der Waals surface area contributed by atoms with Crippen LogP contribution in [0.4, 0.5) is 13.6 Å². The fourth-order valence-corrected chi connectivity index (χ4v) is 6.64. The van der Waals surface area contributed by atoms with Gasteiger partial charge in [0.05, 0.1) is 44.6 Å². The summed E-state index contributed by atoms with van der Waals surface area (Å²) in [5, 5.41) is 12.0.